The van der Waals surface area contributed by atoms with E-state index >= 15 is 0 Å². The Kier molecular flexibility index (Phi) is 3.90. The van der Waals surface area contributed by atoms with Crippen LogP contribution in [0.1, 0.15) is 29.1 Å². The molecule has 0 aliphatic carbocycles. The van der Waals surface area contributed by atoms with E-state index in [2.05, 4.69) is 36.1 Å². The molecule has 1 aromatic heterocycles. The standard InChI is InChI=1S/C11H17NS2/c1-2-9-4-5-11(14-9)10-8-13-7-3-6-12-10/h4-5,10,12H,2-3,6-8H2,1H3. The Labute approximate surface area is 94.3 Å². The largest absolute Gasteiger partial charge is 0.309 e. The Hall–Kier alpha value is 0.01000. The molecular weight excluding hydrogens is 210 g/mol. The van der Waals surface area contributed by atoms with E-state index < -0.39 is 0 Å². The fraction of sp³-hybridized carbons (Fsp3) is 0.636. The van der Waals surface area contributed by atoms with Crippen LogP contribution in [0.5, 0.6) is 0 Å². The summed E-state index contributed by atoms with van der Waals surface area (Å²) in [5.74, 6) is 2.55. The first kappa shape index (κ1) is 10.5. The number of aryl methyl sites for hydroxylation is 1. The van der Waals surface area contributed by atoms with Gasteiger partial charge in [0.05, 0.1) is 6.04 Å². The van der Waals surface area contributed by atoms with Gasteiger partial charge in [0, 0.05) is 15.5 Å². The maximum Gasteiger partial charge on any atom is 0.0506 e. The lowest BCUT2D eigenvalue weighted by atomic mass is 10.2. The second-order valence-electron chi connectivity index (χ2n) is 3.59. The van der Waals surface area contributed by atoms with Crippen molar-refractivity contribution in [3.63, 3.8) is 0 Å². The van der Waals surface area contributed by atoms with Crippen LogP contribution in [-0.4, -0.2) is 18.1 Å². The molecule has 1 aromatic rings. The zero-order valence-corrected chi connectivity index (χ0v) is 10.2. The van der Waals surface area contributed by atoms with Crippen molar-refractivity contribution >= 4 is 23.1 Å². The van der Waals surface area contributed by atoms with Crippen LogP contribution in [0.2, 0.25) is 0 Å². The van der Waals surface area contributed by atoms with Gasteiger partial charge in [-0.1, -0.05) is 6.92 Å². The second kappa shape index (κ2) is 5.19. The van der Waals surface area contributed by atoms with Crippen LogP contribution in [0.15, 0.2) is 12.1 Å². The highest BCUT2D eigenvalue weighted by molar-refractivity contribution is 7.99. The Morgan fingerprint density at radius 3 is 3.21 bits per heavy atom. The molecule has 0 spiro atoms. The molecule has 3 heteroatoms. The van der Waals surface area contributed by atoms with Gasteiger partial charge in [-0.2, -0.15) is 11.8 Å². The van der Waals surface area contributed by atoms with E-state index in [9.17, 15) is 0 Å². The van der Waals surface area contributed by atoms with E-state index in [4.69, 9.17) is 0 Å². The van der Waals surface area contributed by atoms with E-state index in [1.165, 1.54) is 40.6 Å². The first-order valence-electron chi connectivity index (χ1n) is 5.30. The molecule has 0 saturated carbocycles. The predicted molar refractivity (Wildman–Crippen MR) is 66.4 cm³/mol. The van der Waals surface area contributed by atoms with E-state index in [0.717, 1.165) is 0 Å². The molecule has 0 aromatic carbocycles. The van der Waals surface area contributed by atoms with Gasteiger partial charge in [-0.25, -0.2) is 0 Å². The highest BCUT2D eigenvalue weighted by Crippen LogP contribution is 2.27. The lowest BCUT2D eigenvalue weighted by Crippen LogP contribution is -2.21. The molecule has 1 aliphatic heterocycles. The van der Waals surface area contributed by atoms with Gasteiger partial charge in [-0.15, -0.1) is 11.3 Å². The average Bonchev–Trinajstić information content (AvgIpc) is 2.53. The third-order valence-electron chi connectivity index (χ3n) is 2.52. The van der Waals surface area contributed by atoms with Gasteiger partial charge >= 0.3 is 0 Å². The minimum absolute atomic E-state index is 0.604. The van der Waals surface area contributed by atoms with Crippen molar-refractivity contribution < 1.29 is 0 Å². The van der Waals surface area contributed by atoms with Gasteiger partial charge in [0.2, 0.25) is 0 Å². The summed E-state index contributed by atoms with van der Waals surface area (Å²) in [7, 11) is 0. The third kappa shape index (κ3) is 2.53. The molecule has 14 heavy (non-hydrogen) atoms. The van der Waals surface area contributed by atoms with Crippen LogP contribution in [0.25, 0.3) is 0 Å². The quantitative estimate of drug-likeness (QED) is 0.833. The molecule has 1 atom stereocenters. The molecule has 78 valence electrons. The molecule has 0 radical (unpaired) electrons. The Bertz CT molecular complexity index is 275. The summed E-state index contributed by atoms with van der Waals surface area (Å²) in [6, 6.07) is 5.18. The van der Waals surface area contributed by atoms with Gasteiger partial charge in [0.15, 0.2) is 0 Å². The molecule has 1 nitrogen and oxygen atoms in total. The average molecular weight is 227 g/mol. The molecule has 0 bridgehead atoms. The lowest BCUT2D eigenvalue weighted by Gasteiger charge is -2.12. The Morgan fingerprint density at radius 1 is 1.50 bits per heavy atom. The van der Waals surface area contributed by atoms with Crippen molar-refractivity contribution in [3.8, 4) is 0 Å². The monoisotopic (exact) mass is 227 g/mol. The molecule has 2 heterocycles. The van der Waals surface area contributed by atoms with E-state index in [-0.39, 0.29) is 0 Å². The van der Waals surface area contributed by atoms with Crippen LogP contribution in [0, 0.1) is 0 Å². The minimum atomic E-state index is 0.604. The minimum Gasteiger partial charge on any atom is -0.309 e. The fourth-order valence-corrected chi connectivity index (χ4v) is 3.85. The SMILES string of the molecule is CCc1ccc(C2CSCCCN2)s1. The van der Waals surface area contributed by atoms with Crippen LogP contribution in [-0.2, 0) is 6.42 Å². The summed E-state index contributed by atoms with van der Waals surface area (Å²) in [5, 5.41) is 3.62. The zero-order valence-electron chi connectivity index (χ0n) is 8.58. The predicted octanol–water partition coefficient (Wildman–Crippen LogP) is 3.08. The Balaban J connectivity index is 2.04. The molecule has 1 unspecified atom stereocenters. The molecule has 2 rings (SSSR count). The van der Waals surface area contributed by atoms with Crippen molar-refractivity contribution in [2.75, 3.05) is 18.1 Å². The molecular formula is C11H17NS2. The van der Waals surface area contributed by atoms with Gasteiger partial charge in [0.1, 0.15) is 0 Å². The topological polar surface area (TPSA) is 12.0 Å². The number of nitrogens with one attached hydrogen (secondary N) is 1. The molecule has 1 N–H and O–H groups in total. The van der Waals surface area contributed by atoms with E-state index in [0.29, 0.717) is 6.04 Å². The molecule has 1 saturated heterocycles. The van der Waals surface area contributed by atoms with Crippen molar-refractivity contribution in [2.24, 2.45) is 0 Å². The zero-order chi connectivity index (χ0) is 9.80. The molecule has 1 fully saturated rings. The molecule has 0 amide bonds. The van der Waals surface area contributed by atoms with Crippen molar-refractivity contribution in [3.05, 3.63) is 21.9 Å². The van der Waals surface area contributed by atoms with Crippen LogP contribution in [0.4, 0.5) is 0 Å². The maximum absolute atomic E-state index is 3.62. The summed E-state index contributed by atoms with van der Waals surface area (Å²) >= 11 is 4.05. The summed E-state index contributed by atoms with van der Waals surface area (Å²) in [4.78, 5) is 3.03. The number of rotatable bonds is 2. The Morgan fingerprint density at radius 2 is 2.43 bits per heavy atom. The van der Waals surface area contributed by atoms with Crippen LogP contribution in [0.3, 0.4) is 0 Å². The van der Waals surface area contributed by atoms with Crippen molar-refractivity contribution in [2.45, 2.75) is 25.8 Å². The highest BCUT2D eigenvalue weighted by atomic mass is 32.2. The summed E-state index contributed by atoms with van der Waals surface area (Å²) in [6.07, 6.45) is 2.48. The van der Waals surface area contributed by atoms with Gasteiger partial charge < -0.3 is 5.32 Å². The second-order valence-corrected chi connectivity index (χ2v) is 5.94. The van der Waals surface area contributed by atoms with Gasteiger partial charge in [-0.05, 0) is 37.3 Å². The van der Waals surface area contributed by atoms with E-state index in [1.54, 1.807) is 0 Å². The highest BCUT2D eigenvalue weighted by Gasteiger charge is 2.15. The van der Waals surface area contributed by atoms with Crippen LogP contribution < -0.4 is 5.32 Å². The van der Waals surface area contributed by atoms with E-state index in [1.807, 2.05) is 11.3 Å². The maximum atomic E-state index is 3.62. The molecule has 1 aliphatic rings. The third-order valence-corrected chi connectivity index (χ3v) is 5.00. The van der Waals surface area contributed by atoms with Crippen molar-refractivity contribution in [1.82, 2.24) is 5.32 Å². The number of hydrogen-bond acceptors (Lipinski definition) is 3. The van der Waals surface area contributed by atoms with Gasteiger partial charge in [0.25, 0.3) is 0 Å². The first-order valence-corrected chi connectivity index (χ1v) is 7.27. The number of hydrogen-bond donors (Lipinski definition) is 1. The summed E-state index contributed by atoms with van der Waals surface area (Å²) in [5.41, 5.74) is 0. The normalized spacial score (nSPS) is 23.4. The number of thioether (sulfide) groups is 1. The number of thiophene rings is 1. The fourth-order valence-electron chi connectivity index (χ4n) is 1.67. The van der Waals surface area contributed by atoms with Crippen LogP contribution >= 0.6 is 23.1 Å². The van der Waals surface area contributed by atoms with Crippen molar-refractivity contribution in [1.29, 1.82) is 0 Å². The summed E-state index contributed by atoms with van der Waals surface area (Å²) < 4.78 is 0. The first-order chi connectivity index (χ1) is 6.90. The lowest BCUT2D eigenvalue weighted by molar-refractivity contribution is 0.597. The smallest absolute Gasteiger partial charge is 0.0506 e. The van der Waals surface area contributed by atoms with Gasteiger partial charge in [-0.3, -0.25) is 0 Å². The summed E-state index contributed by atoms with van der Waals surface area (Å²) in [6.45, 7) is 3.40.